The first-order chi connectivity index (χ1) is 8.00. The van der Waals surface area contributed by atoms with Crippen LogP contribution in [0.1, 0.15) is 24.5 Å². The van der Waals surface area contributed by atoms with Gasteiger partial charge in [-0.15, -0.1) is 0 Å². The predicted molar refractivity (Wildman–Crippen MR) is 60.8 cm³/mol. The van der Waals surface area contributed by atoms with Crippen LogP contribution in [0.2, 0.25) is 0 Å². The zero-order valence-corrected chi connectivity index (χ0v) is 9.66. The minimum absolute atomic E-state index is 0.0131. The van der Waals surface area contributed by atoms with Crippen LogP contribution in [0.25, 0.3) is 0 Å². The minimum atomic E-state index is -2.46. The maximum Gasteiger partial charge on any atom is 0.263 e. The zero-order chi connectivity index (χ0) is 12.9. The lowest BCUT2D eigenvalue weighted by atomic mass is 10.0. The van der Waals surface area contributed by atoms with Crippen molar-refractivity contribution in [1.82, 2.24) is 5.32 Å². The van der Waals surface area contributed by atoms with Gasteiger partial charge in [0.15, 0.2) is 0 Å². The molecule has 0 aliphatic rings. The highest BCUT2D eigenvalue weighted by Crippen LogP contribution is 2.18. The van der Waals surface area contributed by atoms with Crippen molar-refractivity contribution in [3.63, 3.8) is 0 Å². The summed E-state index contributed by atoms with van der Waals surface area (Å²) < 4.78 is 24.6. The summed E-state index contributed by atoms with van der Waals surface area (Å²) in [4.78, 5) is 0. The second kappa shape index (κ2) is 6.05. The van der Waals surface area contributed by atoms with Crippen molar-refractivity contribution in [2.24, 2.45) is 0 Å². The largest absolute Gasteiger partial charge is 0.394 e. The molecule has 0 aliphatic carbocycles. The molecule has 0 amide bonds. The Hall–Kier alpha value is -1.04. The van der Waals surface area contributed by atoms with Gasteiger partial charge in [0, 0.05) is 12.1 Å². The fourth-order valence-electron chi connectivity index (χ4n) is 1.26. The van der Waals surface area contributed by atoms with E-state index < -0.39 is 12.0 Å². The first kappa shape index (κ1) is 14.0. The molecule has 0 aromatic heterocycles. The van der Waals surface area contributed by atoms with E-state index in [-0.39, 0.29) is 18.8 Å². The van der Waals surface area contributed by atoms with E-state index in [4.69, 9.17) is 10.2 Å². The molecule has 0 saturated carbocycles. The van der Waals surface area contributed by atoms with Crippen LogP contribution in [0, 0.1) is 0 Å². The van der Waals surface area contributed by atoms with Gasteiger partial charge in [0.05, 0.1) is 18.8 Å². The standard InChI is InChI=1S/C12H17F2NO2/c1-12(7-16,8-17)15-6-9-2-4-10(5-3-9)11(13)14/h2-5,11,15-17H,6-8H2,1H3. The number of alkyl halides is 2. The lowest BCUT2D eigenvalue weighted by Crippen LogP contribution is -2.48. The maximum absolute atomic E-state index is 12.3. The highest BCUT2D eigenvalue weighted by molar-refractivity contribution is 5.23. The highest BCUT2D eigenvalue weighted by Gasteiger charge is 2.20. The molecule has 0 unspecified atom stereocenters. The Bertz CT molecular complexity index is 337. The van der Waals surface area contributed by atoms with Crippen molar-refractivity contribution in [3.05, 3.63) is 35.4 Å². The summed E-state index contributed by atoms with van der Waals surface area (Å²) in [6.45, 7) is 1.69. The molecule has 3 N–H and O–H groups in total. The smallest absolute Gasteiger partial charge is 0.263 e. The SMILES string of the molecule is CC(CO)(CO)NCc1ccc(C(F)F)cc1. The molecule has 0 spiro atoms. The van der Waals surface area contributed by atoms with E-state index in [1.54, 1.807) is 19.1 Å². The molecule has 17 heavy (non-hydrogen) atoms. The van der Waals surface area contributed by atoms with Crippen molar-refractivity contribution in [2.45, 2.75) is 25.4 Å². The van der Waals surface area contributed by atoms with Gasteiger partial charge in [-0.1, -0.05) is 24.3 Å². The van der Waals surface area contributed by atoms with Gasteiger partial charge >= 0.3 is 0 Å². The Morgan fingerprint density at radius 3 is 2.12 bits per heavy atom. The summed E-state index contributed by atoms with van der Waals surface area (Å²) in [7, 11) is 0. The van der Waals surface area contributed by atoms with Crippen LogP contribution in [0.5, 0.6) is 0 Å². The molecular formula is C12H17F2NO2. The quantitative estimate of drug-likeness (QED) is 0.711. The van der Waals surface area contributed by atoms with Gasteiger partial charge in [0.2, 0.25) is 0 Å². The van der Waals surface area contributed by atoms with E-state index >= 15 is 0 Å². The molecule has 1 aromatic carbocycles. The van der Waals surface area contributed by atoms with Crippen molar-refractivity contribution in [1.29, 1.82) is 0 Å². The number of hydrogen-bond donors (Lipinski definition) is 3. The minimum Gasteiger partial charge on any atom is -0.394 e. The van der Waals surface area contributed by atoms with Gasteiger partial charge in [-0.2, -0.15) is 0 Å². The van der Waals surface area contributed by atoms with E-state index in [0.29, 0.717) is 6.54 Å². The Balaban J connectivity index is 2.58. The number of hydrogen-bond acceptors (Lipinski definition) is 3. The van der Waals surface area contributed by atoms with Crippen molar-refractivity contribution >= 4 is 0 Å². The summed E-state index contributed by atoms with van der Waals surface area (Å²) in [6, 6.07) is 5.95. The number of aliphatic hydroxyl groups excluding tert-OH is 2. The summed E-state index contributed by atoms with van der Waals surface area (Å²) in [5.74, 6) is 0. The first-order valence-electron chi connectivity index (χ1n) is 5.34. The van der Waals surface area contributed by atoms with Gasteiger partial charge in [0.25, 0.3) is 6.43 Å². The molecular weight excluding hydrogens is 228 g/mol. The van der Waals surface area contributed by atoms with Gasteiger partial charge in [-0.05, 0) is 12.5 Å². The maximum atomic E-state index is 12.3. The van der Waals surface area contributed by atoms with Crippen LogP contribution in [0.3, 0.4) is 0 Å². The number of halogens is 2. The molecule has 0 fully saturated rings. The fourth-order valence-corrected chi connectivity index (χ4v) is 1.26. The van der Waals surface area contributed by atoms with Gasteiger partial charge in [0.1, 0.15) is 0 Å². The molecule has 0 atom stereocenters. The molecule has 0 bridgehead atoms. The normalized spacial score (nSPS) is 12.1. The van der Waals surface area contributed by atoms with Crippen molar-refractivity contribution < 1.29 is 19.0 Å². The molecule has 0 aliphatic heterocycles. The number of benzene rings is 1. The molecule has 0 radical (unpaired) electrons. The lowest BCUT2D eigenvalue weighted by Gasteiger charge is -2.26. The van der Waals surface area contributed by atoms with Crippen LogP contribution in [-0.2, 0) is 6.54 Å². The van der Waals surface area contributed by atoms with Crippen LogP contribution < -0.4 is 5.32 Å². The third kappa shape index (κ3) is 4.03. The average molecular weight is 245 g/mol. The average Bonchev–Trinajstić information content (AvgIpc) is 2.36. The number of aliphatic hydroxyl groups is 2. The monoisotopic (exact) mass is 245 g/mol. The summed E-state index contributed by atoms with van der Waals surface area (Å²) in [6.07, 6.45) is -2.46. The van der Waals surface area contributed by atoms with Gasteiger partial charge in [-0.25, -0.2) is 8.78 Å². The Kier molecular flexibility index (Phi) is 4.99. The van der Waals surface area contributed by atoms with Crippen LogP contribution >= 0.6 is 0 Å². The predicted octanol–water partition coefficient (Wildman–Crippen LogP) is 1.46. The summed E-state index contributed by atoms with van der Waals surface area (Å²) >= 11 is 0. The molecule has 0 heterocycles. The van der Waals surface area contributed by atoms with Crippen molar-refractivity contribution in [2.75, 3.05) is 13.2 Å². The second-order valence-electron chi connectivity index (χ2n) is 4.27. The molecule has 96 valence electrons. The molecule has 1 aromatic rings. The van der Waals surface area contributed by atoms with Crippen molar-refractivity contribution in [3.8, 4) is 0 Å². The lowest BCUT2D eigenvalue weighted by molar-refractivity contribution is 0.103. The van der Waals surface area contributed by atoms with Gasteiger partial charge in [-0.3, -0.25) is 0 Å². The van der Waals surface area contributed by atoms with E-state index in [1.807, 2.05) is 0 Å². The van der Waals surface area contributed by atoms with Crippen LogP contribution in [0.4, 0.5) is 8.78 Å². The third-order valence-corrected chi connectivity index (χ3v) is 2.65. The van der Waals surface area contributed by atoms with E-state index in [1.165, 1.54) is 12.1 Å². The summed E-state index contributed by atoms with van der Waals surface area (Å²) in [5.41, 5.74) is 0.0461. The molecule has 5 heteroatoms. The molecule has 1 rings (SSSR count). The first-order valence-corrected chi connectivity index (χ1v) is 5.34. The Labute approximate surface area is 99.1 Å². The number of nitrogens with one attached hydrogen (secondary N) is 1. The third-order valence-electron chi connectivity index (χ3n) is 2.65. The second-order valence-corrected chi connectivity index (χ2v) is 4.27. The Morgan fingerprint density at radius 1 is 1.18 bits per heavy atom. The highest BCUT2D eigenvalue weighted by atomic mass is 19.3. The zero-order valence-electron chi connectivity index (χ0n) is 9.66. The van der Waals surface area contributed by atoms with Crippen LogP contribution in [-0.4, -0.2) is 29.0 Å². The molecule has 0 saturated heterocycles. The van der Waals surface area contributed by atoms with E-state index in [0.717, 1.165) is 5.56 Å². The molecule has 3 nitrogen and oxygen atoms in total. The number of rotatable bonds is 6. The van der Waals surface area contributed by atoms with E-state index in [9.17, 15) is 8.78 Å². The van der Waals surface area contributed by atoms with Gasteiger partial charge < -0.3 is 15.5 Å². The Morgan fingerprint density at radius 2 is 1.71 bits per heavy atom. The van der Waals surface area contributed by atoms with Crippen LogP contribution in [0.15, 0.2) is 24.3 Å². The summed E-state index contributed by atoms with van der Waals surface area (Å²) in [5, 5.41) is 21.1. The fraction of sp³-hybridized carbons (Fsp3) is 0.500. The van der Waals surface area contributed by atoms with E-state index in [2.05, 4.69) is 5.32 Å². The topological polar surface area (TPSA) is 52.5 Å².